The molecule has 8 atom stereocenters. The van der Waals surface area contributed by atoms with Crippen LogP contribution in [0.5, 0.6) is 17.2 Å². The third kappa shape index (κ3) is 7.53. The number of piperidine rings is 1. The average Bonchev–Trinajstić information content (AvgIpc) is 3.18. The van der Waals surface area contributed by atoms with E-state index in [9.17, 15) is 30.0 Å². The molecular formula is C43H51NO7. The fourth-order valence-corrected chi connectivity index (χ4v) is 9.41. The number of ketones is 2. The molecule has 8 nitrogen and oxygen atoms in total. The van der Waals surface area contributed by atoms with E-state index in [4.69, 9.17) is 4.74 Å². The van der Waals surface area contributed by atoms with Crippen LogP contribution in [0.4, 0.5) is 0 Å². The van der Waals surface area contributed by atoms with Crippen LogP contribution in [0, 0.1) is 35.0 Å². The van der Waals surface area contributed by atoms with Gasteiger partial charge in [-0.05, 0) is 140 Å². The van der Waals surface area contributed by atoms with E-state index in [0.717, 1.165) is 66.1 Å². The second-order valence-corrected chi connectivity index (χ2v) is 15.7. The lowest BCUT2D eigenvalue weighted by Crippen LogP contribution is -2.49. The van der Waals surface area contributed by atoms with E-state index in [-0.39, 0.29) is 29.6 Å². The highest BCUT2D eigenvalue weighted by molar-refractivity contribution is 5.89. The SMILES string of the molecule is COc1cc2c(cc1O)[C@@H](CC[C@H](O)c1ccc3cc(O)ccc3c1)C#C[C@@]1(CC[C@H](CC[C@@H]3CN[C@@H]4CC(=O)CC[C@@H]4C3)C[C@H]1O)C(=O)CC2. The van der Waals surface area contributed by atoms with Crippen molar-refractivity contribution in [2.24, 2.45) is 23.2 Å². The normalized spacial score (nSPS) is 29.9. The maximum atomic E-state index is 14.1. The smallest absolute Gasteiger partial charge is 0.160 e. The van der Waals surface area contributed by atoms with Crippen molar-refractivity contribution >= 4 is 22.3 Å². The van der Waals surface area contributed by atoms with Crippen molar-refractivity contribution in [2.45, 2.75) is 108 Å². The summed E-state index contributed by atoms with van der Waals surface area (Å²) in [5.74, 6) is 8.77. The number of ether oxygens (including phenoxy) is 1. The standard InChI is InChI=1S/C43H51NO7/c1-51-40-22-31-9-13-41(49)43(16-14-26(19-42(43)50)2-3-27-18-32-7-11-35(46)23-37(32)44-25-27)17-15-28(36(31)24-39(40)48)8-12-38(47)33-5-4-30-21-34(45)10-6-29(30)20-33/h4-6,10,20-22,24,26-28,32,37-38,42,44-45,47-48,50H,2-3,7-9,11-14,16,18-19,23,25H2,1H3/t26-,27-,28-,32+,37+,38-,42+,43-/m0/s1. The molecule has 8 heteroatoms. The average molecular weight is 694 g/mol. The number of rotatable bonds is 8. The predicted molar refractivity (Wildman–Crippen MR) is 196 cm³/mol. The van der Waals surface area contributed by atoms with Gasteiger partial charge in [-0.3, -0.25) is 9.59 Å². The van der Waals surface area contributed by atoms with Gasteiger partial charge in [-0.2, -0.15) is 0 Å². The van der Waals surface area contributed by atoms with Gasteiger partial charge in [0.1, 0.15) is 16.9 Å². The Kier molecular flexibility index (Phi) is 10.4. The zero-order valence-electron chi connectivity index (χ0n) is 29.6. The molecule has 51 heavy (non-hydrogen) atoms. The highest BCUT2D eigenvalue weighted by Crippen LogP contribution is 2.45. The lowest BCUT2D eigenvalue weighted by Gasteiger charge is -2.42. The van der Waals surface area contributed by atoms with Gasteiger partial charge in [-0.1, -0.05) is 36.5 Å². The monoisotopic (exact) mass is 693 g/mol. The number of benzene rings is 3. The molecule has 4 aliphatic rings. The Morgan fingerprint density at radius 3 is 2.57 bits per heavy atom. The highest BCUT2D eigenvalue weighted by Gasteiger charge is 2.47. The van der Waals surface area contributed by atoms with E-state index in [2.05, 4.69) is 17.2 Å². The van der Waals surface area contributed by atoms with Gasteiger partial charge in [-0.25, -0.2) is 0 Å². The summed E-state index contributed by atoms with van der Waals surface area (Å²) >= 11 is 0. The molecule has 1 spiro atoms. The molecule has 1 aliphatic heterocycles. The topological polar surface area (TPSA) is 136 Å². The van der Waals surface area contributed by atoms with Gasteiger partial charge < -0.3 is 30.5 Å². The molecule has 7 rings (SSSR count). The predicted octanol–water partition coefficient (Wildman–Crippen LogP) is 6.65. The molecular weight excluding hydrogens is 642 g/mol. The van der Waals surface area contributed by atoms with Gasteiger partial charge in [0.15, 0.2) is 17.3 Å². The fourth-order valence-electron chi connectivity index (χ4n) is 9.41. The van der Waals surface area contributed by atoms with Crippen molar-refractivity contribution in [1.29, 1.82) is 0 Å². The van der Waals surface area contributed by atoms with Crippen LogP contribution in [0.25, 0.3) is 10.8 Å². The first kappa shape index (κ1) is 35.5. The van der Waals surface area contributed by atoms with Gasteiger partial charge in [0.25, 0.3) is 0 Å². The summed E-state index contributed by atoms with van der Waals surface area (Å²) in [6.07, 6.45) is 7.45. The third-order valence-electron chi connectivity index (χ3n) is 12.5. The molecule has 3 aromatic carbocycles. The number of aliphatic hydroxyl groups is 2. The molecule has 1 saturated heterocycles. The maximum Gasteiger partial charge on any atom is 0.160 e. The quantitative estimate of drug-likeness (QED) is 0.166. The van der Waals surface area contributed by atoms with Gasteiger partial charge in [0.05, 0.1) is 19.3 Å². The zero-order valence-corrected chi connectivity index (χ0v) is 29.6. The molecule has 5 N–H and O–H groups in total. The van der Waals surface area contributed by atoms with Gasteiger partial charge in [-0.15, -0.1) is 0 Å². The number of aliphatic hydroxyl groups excluding tert-OH is 2. The van der Waals surface area contributed by atoms with Crippen molar-refractivity contribution in [2.75, 3.05) is 13.7 Å². The molecule has 270 valence electrons. The Morgan fingerprint density at radius 1 is 0.941 bits per heavy atom. The van der Waals surface area contributed by atoms with Crippen molar-refractivity contribution in [3.8, 4) is 29.1 Å². The first-order chi connectivity index (χ1) is 24.6. The van der Waals surface area contributed by atoms with Gasteiger partial charge in [0.2, 0.25) is 0 Å². The van der Waals surface area contributed by atoms with Crippen molar-refractivity contribution in [1.82, 2.24) is 5.32 Å². The molecule has 3 aliphatic carbocycles. The number of fused-ring (bicyclic) bond motifs is 3. The number of hydrogen-bond acceptors (Lipinski definition) is 8. The zero-order chi connectivity index (χ0) is 35.7. The highest BCUT2D eigenvalue weighted by atomic mass is 16.5. The number of phenolic OH excluding ortho intramolecular Hbond substituents is 2. The summed E-state index contributed by atoms with van der Waals surface area (Å²) < 4.78 is 5.43. The van der Waals surface area contributed by atoms with Crippen LogP contribution in [-0.2, 0) is 16.0 Å². The lowest BCUT2D eigenvalue weighted by atomic mass is 9.64. The van der Waals surface area contributed by atoms with Crippen molar-refractivity contribution in [3.05, 3.63) is 65.2 Å². The molecule has 3 fully saturated rings. The second kappa shape index (κ2) is 15.0. The number of methoxy groups -OCH3 is 1. The fraction of sp³-hybridized carbons (Fsp3) is 0.535. The van der Waals surface area contributed by atoms with E-state index in [1.54, 1.807) is 24.3 Å². The number of nitrogens with one attached hydrogen (secondary N) is 1. The summed E-state index contributed by atoms with van der Waals surface area (Å²) in [5, 5.41) is 49.2. The van der Waals surface area contributed by atoms with Crippen LogP contribution < -0.4 is 10.1 Å². The van der Waals surface area contributed by atoms with E-state index >= 15 is 0 Å². The third-order valence-corrected chi connectivity index (χ3v) is 12.5. The Bertz CT molecular complexity index is 1840. The Labute approximate surface area is 300 Å². The number of aromatic hydroxyl groups is 2. The summed E-state index contributed by atoms with van der Waals surface area (Å²) in [5.41, 5.74) is 1.32. The maximum absolute atomic E-state index is 14.1. The second-order valence-electron chi connectivity index (χ2n) is 15.7. The Hall–Kier alpha value is -3.90. The van der Waals surface area contributed by atoms with Crippen molar-refractivity contribution < 1.29 is 34.8 Å². The lowest BCUT2D eigenvalue weighted by molar-refractivity contribution is -0.134. The van der Waals surface area contributed by atoms with Crippen LogP contribution in [0.2, 0.25) is 0 Å². The molecule has 0 unspecified atom stereocenters. The summed E-state index contributed by atoms with van der Waals surface area (Å²) in [6.45, 7) is 0.944. The van der Waals surface area contributed by atoms with Crippen LogP contribution in [0.15, 0.2) is 48.5 Å². The molecule has 0 radical (unpaired) electrons. The van der Waals surface area contributed by atoms with Gasteiger partial charge in [0, 0.05) is 31.2 Å². The minimum absolute atomic E-state index is 0.00266. The Morgan fingerprint density at radius 2 is 1.75 bits per heavy atom. The molecule has 1 heterocycles. The van der Waals surface area contributed by atoms with Crippen LogP contribution in [0.1, 0.15) is 106 Å². The summed E-state index contributed by atoms with van der Waals surface area (Å²) in [6, 6.07) is 14.7. The van der Waals surface area contributed by atoms with Crippen molar-refractivity contribution in [3.63, 3.8) is 0 Å². The molecule has 3 aromatic rings. The number of carbonyl (C=O) groups is 2. The summed E-state index contributed by atoms with van der Waals surface area (Å²) in [4.78, 5) is 26.0. The van der Waals surface area contributed by atoms with E-state index in [0.29, 0.717) is 80.3 Å². The van der Waals surface area contributed by atoms with Crippen LogP contribution in [0.3, 0.4) is 0 Å². The number of Topliss-reactive ketones (excluding diaryl/α,β-unsaturated/α-hetero) is 2. The summed E-state index contributed by atoms with van der Waals surface area (Å²) in [7, 11) is 1.50. The van der Waals surface area contributed by atoms with E-state index < -0.39 is 17.6 Å². The number of aryl methyl sites for hydroxylation is 1. The number of carbonyl (C=O) groups excluding carboxylic acids is 2. The first-order valence-electron chi connectivity index (χ1n) is 18.9. The number of hydrogen-bond donors (Lipinski definition) is 5. The van der Waals surface area contributed by atoms with E-state index in [1.165, 1.54) is 7.11 Å². The van der Waals surface area contributed by atoms with Gasteiger partial charge >= 0.3 is 0 Å². The largest absolute Gasteiger partial charge is 0.508 e. The number of phenols is 2. The Balaban J connectivity index is 1.07. The van der Waals surface area contributed by atoms with E-state index in [1.807, 2.05) is 24.3 Å². The minimum Gasteiger partial charge on any atom is -0.508 e. The molecule has 0 amide bonds. The molecule has 0 aromatic heterocycles. The first-order valence-corrected chi connectivity index (χ1v) is 18.9. The molecule has 2 saturated carbocycles. The van der Waals surface area contributed by atoms with Crippen LogP contribution >= 0.6 is 0 Å². The van der Waals surface area contributed by atoms with Crippen LogP contribution in [-0.4, -0.2) is 57.8 Å². The molecule has 0 bridgehead atoms. The minimum atomic E-state index is -1.14.